The fourth-order valence-corrected chi connectivity index (χ4v) is 2.60. The number of carbonyl (C=O) groups is 1. The van der Waals surface area contributed by atoms with E-state index in [1.54, 1.807) is 7.05 Å². The van der Waals surface area contributed by atoms with Crippen molar-refractivity contribution in [3.05, 3.63) is 0 Å². The minimum absolute atomic E-state index is 0.0111. The van der Waals surface area contributed by atoms with E-state index >= 15 is 0 Å². The number of nitrogens with two attached hydrogens (primary N) is 1. The molecule has 6 heteroatoms. The van der Waals surface area contributed by atoms with Crippen LogP contribution in [0.2, 0.25) is 0 Å². The number of hydrogen-bond donors (Lipinski definition) is 1. The van der Waals surface area contributed by atoms with Gasteiger partial charge in [-0.15, -0.1) is 0 Å². The molecule has 2 unspecified atom stereocenters. The van der Waals surface area contributed by atoms with Crippen molar-refractivity contribution in [1.29, 1.82) is 0 Å². The molecule has 1 aliphatic rings. The molecule has 0 radical (unpaired) electrons. The Kier molecular flexibility index (Phi) is 4.32. The molecule has 1 saturated carbocycles. The van der Waals surface area contributed by atoms with E-state index in [4.69, 9.17) is 5.73 Å². The second-order valence-electron chi connectivity index (χ2n) is 4.59. The number of carbonyl (C=O) groups excluding carboxylic acids is 1. The van der Waals surface area contributed by atoms with Crippen LogP contribution in [0.15, 0.2) is 0 Å². The number of hydrogen-bond acceptors (Lipinski definition) is 4. The van der Waals surface area contributed by atoms with E-state index in [0.29, 0.717) is 0 Å². The first kappa shape index (κ1) is 13.4. The van der Waals surface area contributed by atoms with Gasteiger partial charge in [0.15, 0.2) is 0 Å². The molecule has 2 N–H and O–H groups in total. The summed E-state index contributed by atoms with van der Waals surface area (Å²) in [5, 5.41) is 0. The van der Waals surface area contributed by atoms with E-state index in [1.165, 1.54) is 11.2 Å². The zero-order chi connectivity index (χ0) is 12.3. The van der Waals surface area contributed by atoms with Crippen LogP contribution in [-0.2, 0) is 14.6 Å². The van der Waals surface area contributed by atoms with Gasteiger partial charge in [0, 0.05) is 25.9 Å². The summed E-state index contributed by atoms with van der Waals surface area (Å²) in [6.45, 7) is 0.251. The highest BCUT2D eigenvalue weighted by molar-refractivity contribution is 7.90. The van der Waals surface area contributed by atoms with Crippen molar-refractivity contribution in [2.24, 2.45) is 11.7 Å². The summed E-state index contributed by atoms with van der Waals surface area (Å²) in [7, 11) is -1.38. The lowest BCUT2D eigenvalue weighted by atomic mass is 10.0. The van der Waals surface area contributed by atoms with E-state index in [2.05, 4.69) is 0 Å². The lowest BCUT2D eigenvalue weighted by molar-refractivity contribution is -0.134. The van der Waals surface area contributed by atoms with Crippen LogP contribution < -0.4 is 5.73 Å². The van der Waals surface area contributed by atoms with E-state index in [-0.39, 0.29) is 30.2 Å². The zero-order valence-corrected chi connectivity index (χ0v) is 10.7. The average Bonchev–Trinajstić information content (AvgIpc) is 2.58. The standard InChI is InChI=1S/C10H20N2O3S/c1-12(6-7-16(2,14)15)10(13)8-4-3-5-9(8)11/h8-9H,3-7,11H2,1-2H3. The smallest absolute Gasteiger partial charge is 0.227 e. The summed E-state index contributed by atoms with van der Waals surface area (Å²) in [4.78, 5) is 13.4. The SMILES string of the molecule is CN(CCS(C)(=O)=O)C(=O)C1CCCC1N. The van der Waals surface area contributed by atoms with E-state index < -0.39 is 9.84 Å². The Bertz CT molecular complexity index is 353. The van der Waals surface area contributed by atoms with E-state index in [0.717, 1.165) is 19.3 Å². The van der Waals surface area contributed by atoms with Gasteiger partial charge in [-0.3, -0.25) is 4.79 Å². The second-order valence-corrected chi connectivity index (χ2v) is 6.85. The Morgan fingerprint density at radius 3 is 2.50 bits per heavy atom. The monoisotopic (exact) mass is 248 g/mol. The van der Waals surface area contributed by atoms with Gasteiger partial charge < -0.3 is 10.6 Å². The van der Waals surface area contributed by atoms with Crippen LogP contribution in [0.3, 0.4) is 0 Å². The van der Waals surface area contributed by atoms with Crippen molar-refractivity contribution < 1.29 is 13.2 Å². The topological polar surface area (TPSA) is 80.5 Å². The highest BCUT2D eigenvalue weighted by atomic mass is 32.2. The molecule has 2 atom stereocenters. The summed E-state index contributed by atoms with van der Waals surface area (Å²) in [5.41, 5.74) is 5.83. The van der Waals surface area contributed by atoms with Gasteiger partial charge in [-0.1, -0.05) is 6.42 Å². The molecule has 0 aromatic rings. The van der Waals surface area contributed by atoms with Gasteiger partial charge in [-0.25, -0.2) is 8.42 Å². The first-order valence-electron chi connectivity index (χ1n) is 5.49. The van der Waals surface area contributed by atoms with Gasteiger partial charge in [-0.05, 0) is 12.8 Å². The van der Waals surface area contributed by atoms with Gasteiger partial charge in [0.1, 0.15) is 9.84 Å². The molecular weight excluding hydrogens is 228 g/mol. The van der Waals surface area contributed by atoms with E-state index in [1.807, 2.05) is 0 Å². The zero-order valence-electron chi connectivity index (χ0n) is 9.85. The van der Waals surface area contributed by atoms with Crippen molar-refractivity contribution in [3.8, 4) is 0 Å². The summed E-state index contributed by atoms with van der Waals surface area (Å²) in [5.74, 6) is -0.129. The Morgan fingerprint density at radius 2 is 2.06 bits per heavy atom. The van der Waals surface area contributed by atoms with Crippen LogP contribution >= 0.6 is 0 Å². The fourth-order valence-electron chi connectivity index (χ4n) is 1.99. The molecule has 94 valence electrons. The van der Waals surface area contributed by atoms with Crippen molar-refractivity contribution in [3.63, 3.8) is 0 Å². The summed E-state index contributed by atoms with van der Waals surface area (Å²) < 4.78 is 22.0. The third-order valence-corrected chi connectivity index (χ3v) is 3.98. The molecule has 5 nitrogen and oxygen atoms in total. The molecule has 1 amide bonds. The molecule has 0 heterocycles. The van der Waals surface area contributed by atoms with Gasteiger partial charge in [-0.2, -0.15) is 0 Å². The molecule has 0 bridgehead atoms. The van der Waals surface area contributed by atoms with Gasteiger partial charge in [0.25, 0.3) is 0 Å². The largest absolute Gasteiger partial charge is 0.344 e. The molecule has 0 aromatic heterocycles. The molecule has 0 aliphatic heterocycles. The number of nitrogens with zero attached hydrogens (tertiary/aromatic N) is 1. The Balaban J connectivity index is 2.47. The van der Waals surface area contributed by atoms with Crippen LogP contribution in [0.1, 0.15) is 19.3 Å². The maximum atomic E-state index is 11.9. The van der Waals surface area contributed by atoms with E-state index in [9.17, 15) is 13.2 Å². The molecule has 1 rings (SSSR count). The minimum Gasteiger partial charge on any atom is -0.344 e. The highest BCUT2D eigenvalue weighted by Gasteiger charge is 2.32. The third-order valence-electron chi connectivity index (χ3n) is 3.06. The first-order valence-corrected chi connectivity index (χ1v) is 7.55. The van der Waals surface area contributed by atoms with Crippen LogP contribution in [0.5, 0.6) is 0 Å². The van der Waals surface area contributed by atoms with Crippen molar-refractivity contribution in [2.75, 3.05) is 25.6 Å². The van der Waals surface area contributed by atoms with Crippen LogP contribution in [0.25, 0.3) is 0 Å². The van der Waals surface area contributed by atoms with Crippen molar-refractivity contribution in [2.45, 2.75) is 25.3 Å². The summed E-state index contributed by atoms with van der Waals surface area (Å²) in [6, 6.07) is -0.0619. The lowest BCUT2D eigenvalue weighted by Crippen LogP contribution is -2.41. The van der Waals surface area contributed by atoms with Crippen LogP contribution in [-0.4, -0.2) is 50.9 Å². The summed E-state index contributed by atoms with van der Waals surface area (Å²) >= 11 is 0. The highest BCUT2D eigenvalue weighted by Crippen LogP contribution is 2.25. The number of amides is 1. The molecule has 0 aromatic carbocycles. The number of sulfone groups is 1. The number of rotatable bonds is 4. The van der Waals surface area contributed by atoms with Gasteiger partial charge >= 0.3 is 0 Å². The molecule has 0 spiro atoms. The molecular formula is C10H20N2O3S. The second kappa shape index (κ2) is 5.14. The predicted octanol–water partition coefficient (Wildman–Crippen LogP) is -0.383. The molecule has 0 saturated heterocycles. The maximum absolute atomic E-state index is 11.9. The third kappa shape index (κ3) is 3.75. The quantitative estimate of drug-likeness (QED) is 0.735. The Morgan fingerprint density at radius 1 is 1.44 bits per heavy atom. The lowest BCUT2D eigenvalue weighted by Gasteiger charge is -2.23. The van der Waals surface area contributed by atoms with Crippen LogP contribution in [0, 0.1) is 5.92 Å². The Hall–Kier alpha value is -0.620. The first-order chi connectivity index (χ1) is 7.31. The normalized spacial score (nSPS) is 25.7. The van der Waals surface area contributed by atoms with Gasteiger partial charge in [0.05, 0.1) is 11.7 Å². The molecule has 1 fully saturated rings. The predicted molar refractivity (Wildman–Crippen MR) is 62.7 cm³/mol. The van der Waals surface area contributed by atoms with Gasteiger partial charge in [0.2, 0.25) is 5.91 Å². The molecule has 1 aliphatic carbocycles. The fraction of sp³-hybridized carbons (Fsp3) is 0.900. The van der Waals surface area contributed by atoms with Crippen molar-refractivity contribution in [1.82, 2.24) is 4.90 Å². The minimum atomic E-state index is -3.01. The Labute approximate surface area is 96.9 Å². The average molecular weight is 248 g/mol. The maximum Gasteiger partial charge on any atom is 0.227 e. The summed E-state index contributed by atoms with van der Waals surface area (Å²) in [6.07, 6.45) is 3.86. The van der Waals surface area contributed by atoms with Crippen molar-refractivity contribution >= 4 is 15.7 Å². The molecule has 16 heavy (non-hydrogen) atoms. The van der Waals surface area contributed by atoms with Crippen LogP contribution in [0.4, 0.5) is 0 Å².